The summed E-state index contributed by atoms with van der Waals surface area (Å²) in [5.74, 6) is 0.257. The summed E-state index contributed by atoms with van der Waals surface area (Å²) in [6, 6.07) is 7.49. The van der Waals surface area contributed by atoms with Crippen LogP contribution in [0, 0.1) is 0 Å². The number of nitrogens with two attached hydrogens (primary N) is 1. The number of carbonyl (C=O) groups excluding carboxylic acids is 1. The van der Waals surface area contributed by atoms with E-state index in [4.69, 9.17) is 5.73 Å². The average molecular weight is 396 g/mol. The van der Waals surface area contributed by atoms with Crippen LogP contribution in [0.25, 0.3) is 0 Å². The molecule has 1 atom stereocenters. The Morgan fingerprint density at radius 1 is 1.39 bits per heavy atom. The van der Waals surface area contributed by atoms with Crippen molar-refractivity contribution in [2.75, 3.05) is 6.54 Å². The third kappa shape index (κ3) is 4.62. The molecule has 2 aromatic rings. The van der Waals surface area contributed by atoms with E-state index in [1.165, 1.54) is 0 Å². The van der Waals surface area contributed by atoms with Crippen molar-refractivity contribution in [2.24, 2.45) is 5.73 Å². The second-order valence-corrected chi connectivity index (χ2v) is 7.85. The van der Waals surface area contributed by atoms with Gasteiger partial charge in [0.25, 0.3) is 0 Å². The van der Waals surface area contributed by atoms with Crippen LogP contribution in [-0.2, 0) is 16.8 Å². The van der Waals surface area contributed by atoms with E-state index in [1.54, 1.807) is 18.3 Å². The number of benzene rings is 1. The third-order valence-electron chi connectivity index (χ3n) is 3.65. The molecule has 2 rings (SSSR count). The highest BCUT2D eigenvalue weighted by molar-refractivity contribution is 9.10. The Balaban J connectivity index is 1.91. The molecule has 0 radical (unpaired) electrons. The molecule has 0 bridgehead atoms. The van der Waals surface area contributed by atoms with Crippen LogP contribution in [-0.4, -0.2) is 17.4 Å². The van der Waals surface area contributed by atoms with Gasteiger partial charge in [0.15, 0.2) is 0 Å². The number of hydrogen-bond donors (Lipinski definition) is 2. The molecule has 1 aromatic heterocycles. The van der Waals surface area contributed by atoms with Gasteiger partial charge in [-0.3, -0.25) is 4.79 Å². The summed E-state index contributed by atoms with van der Waals surface area (Å²) in [4.78, 5) is 17.0. The zero-order valence-electron chi connectivity index (χ0n) is 13.6. The molecule has 0 aliphatic rings. The second kappa shape index (κ2) is 7.55. The van der Waals surface area contributed by atoms with Gasteiger partial charge in [0.05, 0.1) is 10.7 Å². The van der Waals surface area contributed by atoms with Crippen LogP contribution in [0.5, 0.6) is 0 Å². The lowest BCUT2D eigenvalue weighted by atomic mass is 9.92. The number of halogens is 1. The fourth-order valence-electron chi connectivity index (χ4n) is 2.12. The van der Waals surface area contributed by atoms with Gasteiger partial charge in [-0.25, -0.2) is 4.98 Å². The molecule has 0 saturated heterocycles. The lowest BCUT2D eigenvalue weighted by Crippen LogP contribution is -2.49. The zero-order valence-corrected chi connectivity index (χ0v) is 16.0. The van der Waals surface area contributed by atoms with Crippen LogP contribution in [0.4, 0.5) is 0 Å². The van der Waals surface area contributed by atoms with Gasteiger partial charge in [0.1, 0.15) is 5.54 Å². The highest BCUT2D eigenvalue weighted by Crippen LogP contribution is 2.21. The first-order valence-corrected chi connectivity index (χ1v) is 9.25. The molecule has 23 heavy (non-hydrogen) atoms. The molecule has 1 aromatic carbocycles. The van der Waals surface area contributed by atoms with Crippen molar-refractivity contribution >= 4 is 33.2 Å². The van der Waals surface area contributed by atoms with Crippen molar-refractivity contribution in [1.29, 1.82) is 0 Å². The largest absolute Gasteiger partial charge is 0.354 e. The lowest BCUT2D eigenvalue weighted by molar-refractivity contribution is -0.126. The first-order valence-electron chi connectivity index (χ1n) is 7.58. The fraction of sp³-hybridized carbons (Fsp3) is 0.412. The van der Waals surface area contributed by atoms with Gasteiger partial charge >= 0.3 is 0 Å². The smallest absolute Gasteiger partial charge is 0.244 e. The standard InChI is InChI=1S/C17H22BrN3OS/c1-11(2)15-21-14(10-23-15)8-9-20-16(22)17(3,19)12-4-6-13(18)7-5-12/h4-7,10-11H,8-9,19H2,1-3H3,(H,20,22). The Bertz CT molecular complexity index is 665. The number of amides is 1. The predicted molar refractivity (Wildman–Crippen MR) is 98.6 cm³/mol. The molecule has 0 saturated carbocycles. The monoisotopic (exact) mass is 395 g/mol. The van der Waals surface area contributed by atoms with Crippen LogP contribution in [0.3, 0.4) is 0 Å². The summed E-state index contributed by atoms with van der Waals surface area (Å²) >= 11 is 5.05. The average Bonchev–Trinajstić information content (AvgIpc) is 2.96. The van der Waals surface area contributed by atoms with Crippen molar-refractivity contribution in [3.05, 3.63) is 50.4 Å². The molecule has 1 unspecified atom stereocenters. The summed E-state index contributed by atoms with van der Waals surface area (Å²) in [5.41, 5.74) is 6.97. The van der Waals surface area contributed by atoms with Crippen LogP contribution in [0.15, 0.2) is 34.1 Å². The Morgan fingerprint density at radius 2 is 2.04 bits per heavy atom. The van der Waals surface area contributed by atoms with Crippen molar-refractivity contribution in [3.8, 4) is 0 Å². The molecular formula is C17H22BrN3OS. The van der Waals surface area contributed by atoms with Gasteiger partial charge in [0.2, 0.25) is 5.91 Å². The Morgan fingerprint density at radius 3 is 2.61 bits per heavy atom. The van der Waals surface area contributed by atoms with Crippen molar-refractivity contribution in [3.63, 3.8) is 0 Å². The third-order valence-corrected chi connectivity index (χ3v) is 5.37. The number of nitrogens with zero attached hydrogens (tertiary/aromatic N) is 1. The molecule has 1 heterocycles. The van der Waals surface area contributed by atoms with Gasteiger partial charge in [-0.05, 0) is 24.6 Å². The molecule has 0 fully saturated rings. The van der Waals surface area contributed by atoms with E-state index in [9.17, 15) is 4.79 Å². The number of carbonyl (C=O) groups is 1. The quantitative estimate of drug-likeness (QED) is 0.785. The minimum absolute atomic E-state index is 0.181. The van der Waals surface area contributed by atoms with Crippen LogP contribution in [0.1, 0.15) is 43.0 Å². The minimum atomic E-state index is -1.05. The van der Waals surface area contributed by atoms with Gasteiger partial charge in [0, 0.05) is 28.7 Å². The molecule has 0 aliphatic carbocycles. The maximum Gasteiger partial charge on any atom is 0.244 e. The number of aromatic nitrogens is 1. The normalized spacial score (nSPS) is 13.8. The van der Waals surface area contributed by atoms with Gasteiger partial charge < -0.3 is 11.1 Å². The zero-order chi connectivity index (χ0) is 17.0. The van der Waals surface area contributed by atoms with E-state index >= 15 is 0 Å². The summed E-state index contributed by atoms with van der Waals surface area (Å²) in [6.07, 6.45) is 0.714. The molecular weight excluding hydrogens is 374 g/mol. The van der Waals surface area contributed by atoms with Gasteiger partial charge in [-0.2, -0.15) is 0 Å². The van der Waals surface area contributed by atoms with Crippen molar-refractivity contribution in [1.82, 2.24) is 10.3 Å². The van der Waals surface area contributed by atoms with E-state index in [2.05, 4.69) is 45.5 Å². The number of hydrogen-bond acceptors (Lipinski definition) is 4. The topological polar surface area (TPSA) is 68.0 Å². The summed E-state index contributed by atoms with van der Waals surface area (Å²) in [5, 5.41) is 6.09. The summed E-state index contributed by atoms with van der Waals surface area (Å²) in [7, 11) is 0. The van der Waals surface area contributed by atoms with E-state index in [0.29, 0.717) is 18.9 Å². The highest BCUT2D eigenvalue weighted by atomic mass is 79.9. The Kier molecular flexibility index (Phi) is 5.95. The summed E-state index contributed by atoms with van der Waals surface area (Å²) < 4.78 is 0.960. The first-order chi connectivity index (χ1) is 10.8. The van der Waals surface area contributed by atoms with Gasteiger partial charge in [-0.1, -0.05) is 41.9 Å². The first kappa shape index (κ1) is 18.1. The van der Waals surface area contributed by atoms with Crippen LogP contribution < -0.4 is 11.1 Å². The molecule has 4 nitrogen and oxygen atoms in total. The van der Waals surface area contributed by atoms with Crippen molar-refractivity contribution < 1.29 is 4.79 Å². The maximum atomic E-state index is 12.4. The van der Waals surface area contributed by atoms with Crippen LogP contribution in [0.2, 0.25) is 0 Å². The molecule has 1 amide bonds. The SMILES string of the molecule is CC(C)c1nc(CCNC(=O)C(C)(N)c2ccc(Br)cc2)cs1. The van der Waals surface area contributed by atoms with Crippen LogP contribution >= 0.6 is 27.3 Å². The Labute approximate surface area is 149 Å². The van der Waals surface area contributed by atoms with Crippen molar-refractivity contribution in [2.45, 2.75) is 38.6 Å². The van der Waals surface area contributed by atoms with E-state index in [-0.39, 0.29) is 5.91 Å². The van der Waals surface area contributed by atoms with E-state index in [0.717, 1.165) is 20.7 Å². The lowest BCUT2D eigenvalue weighted by Gasteiger charge is -2.24. The highest BCUT2D eigenvalue weighted by Gasteiger charge is 2.30. The van der Waals surface area contributed by atoms with Gasteiger partial charge in [-0.15, -0.1) is 11.3 Å². The van der Waals surface area contributed by atoms with E-state index < -0.39 is 5.54 Å². The second-order valence-electron chi connectivity index (χ2n) is 6.05. The molecule has 0 aliphatic heterocycles. The molecule has 0 spiro atoms. The Hall–Kier alpha value is -1.24. The predicted octanol–water partition coefficient (Wildman–Crippen LogP) is 3.56. The summed E-state index contributed by atoms with van der Waals surface area (Å²) in [6.45, 7) is 6.51. The molecule has 124 valence electrons. The van der Waals surface area contributed by atoms with E-state index in [1.807, 2.05) is 24.3 Å². The minimum Gasteiger partial charge on any atom is -0.354 e. The molecule has 6 heteroatoms. The maximum absolute atomic E-state index is 12.4. The molecule has 3 N–H and O–H groups in total. The fourth-order valence-corrected chi connectivity index (χ4v) is 3.25. The number of nitrogens with one attached hydrogen (secondary N) is 1. The number of rotatable bonds is 6. The number of thiazole rings is 1.